The Morgan fingerprint density at radius 3 is 2.11 bits per heavy atom. The van der Waals surface area contributed by atoms with Crippen LogP contribution >= 0.6 is 34.8 Å². The van der Waals surface area contributed by atoms with E-state index < -0.39 is 28.5 Å². The van der Waals surface area contributed by atoms with Crippen LogP contribution in [0.25, 0.3) is 0 Å². The summed E-state index contributed by atoms with van der Waals surface area (Å²) in [5, 5.41) is 4.04. The summed E-state index contributed by atoms with van der Waals surface area (Å²) in [6.45, 7) is 5.36. The predicted molar refractivity (Wildman–Crippen MR) is 186 cm³/mol. The SMILES string of the molecule is Cc1c(Cl)cccc1N(CC(=O)N(Cc1ccc(Cl)cc1Cl)[C@@H](Cc1ccccc1)C(=O)NCC(C)C)S(=O)(=O)c1ccccc1. The van der Waals surface area contributed by atoms with E-state index in [1.807, 2.05) is 44.2 Å². The molecule has 242 valence electrons. The van der Waals surface area contributed by atoms with Crippen molar-refractivity contribution in [3.05, 3.63) is 129 Å². The van der Waals surface area contributed by atoms with E-state index in [9.17, 15) is 18.0 Å². The molecule has 0 bridgehead atoms. The Morgan fingerprint density at radius 2 is 1.48 bits per heavy atom. The van der Waals surface area contributed by atoms with Gasteiger partial charge in [0.25, 0.3) is 10.0 Å². The van der Waals surface area contributed by atoms with Crippen LogP contribution < -0.4 is 9.62 Å². The predicted octanol–water partition coefficient (Wildman–Crippen LogP) is 7.56. The molecule has 2 amide bonds. The number of sulfonamides is 1. The molecule has 0 aliphatic rings. The number of hydrogen-bond donors (Lipinski definition) is 1. The summed E-state index contributed by atoms with van der Waals surface area (Å²) in [7, 11) is -4.25. The van der Waals surface area contributed by atoms with Crippen molar-refractivity contribution >= 4 is 62.3 Å². The zero-order valence-electron chi connectivity index (χ0n) is 25.8. The maximum atomic E-state index is 14.6. The van der Waals surface area contributed by atoms with Crippen LogP contribution in [0.2, 0.25) is 15.1 Å². The molecule has 4 rings (SSSR count). The number of halogens is 3. The van der Waals surface area contributed by atoms with E-state index >= 15 is 0 Å². The molecule has 0 radical (unpaired) electrons. The first-order valence-electron chi connectivity index (χ1n) is 14.8. The lowest BCUT2D eigenvalue weighted by molar-refractivity contribution is -0.140. The van der Waals surface area contributed by atoms with E-state index in [4.69, 9.17) is 34.8 Å². The number of nitrogens with zero attached hydrogens (tertiary/aromatic N) is 2. The summed E-state index contributed by atoms with van der Waals surface area (Å²) >= 11 is 19.2. The minimum Gasteiger partial charge on any atom is -0.354 e. The zero-order valence-corrected chi connectivity index (χ0v) is 28.9. The summed E-state index contributed by atoms with van der Waals surface area (Å²) in [5.74, 6) is -0.814. The second-order valence-electron chi connectivity index (χ2n) is 11.3. The van der Waals surface area contributed by atoms with Crippen LogP contribution in [-0.2, 0) is 32.6 Å². The number of hydrogen-bond acceptors (Lipinski definition) is 4. The van der Waals surface area contributed by atoms with Crippen molar-refractivity contribution in [2.75, 3.05) is 17.4 Å². The third-order valence-corrected chi connectivity index (χ3v) is 10.2. The van der Waals surface area contributed by atoms with E-state index in [0.717, 1.165) is 9.87 Å². The van der Waals surface area contributed by atoms with Gasteiger partial charge >= 0.3 is 0 Å². The maximum Gasteiger partial charge on any atom is 0.264 e. The minimum atomic E-state index is -4.25. The van der Waals surface area contributed by atoms with Crippen molar-refractivity contribution in [2.45, 2.75) is 44.7 Å². The lowest BCUT2D eigenvalue weighted by Gasteiger charge is -2.34. The fourth-order valence-electron chi connectivity index (χ4n) is 4.91. The van der Waals surface area contributed by atoms with Gasteiger partial charge in [0.15, 0.2) is 0 Å². The molecule has 1 N–H and O–H groups in total. The van der Waals surface area contributed by atoms with Crippen LogP contribution in [0.5, 0.6) is 0 Å². The van der Waals surface area contributed by atoms with Gasteiger partial charge in [-0.3, -0.25) is 13.9 Å². The molecule has 1 atom stereocenters. The maximum absolute atomic E-state index is 14.6. The van der Waals surface area contributed by atoms with E-state index in [1.165, 1.54) is 17.0 Å². The molecule has 0 heterocycles. The van der Waals surface area contributed by atoms with Crippen LogP contribution in [-0.4, -0.2) is 44.3 Å². The Hall–Kier alpha value is -3.56. The van der Waals surface area contributed by atoms with E-state index in [2.05, 4.69) is 5.32 Å². The van der Waals surface area contributed by atoms with Gasteiger partial charge in [0, 0.05) is 34.6 Å². The Bertz CT molecular complexity index is 1770. The van der Waals surface area contributed by atoms with Gasteiger partial charge in [0.05, 0.1) is 10.6 Å². The third kappa shape index (κ3) is 8.82. The quantitative estimate of drug-likeness (QED) is 0.156. The van der Waals surface area contributed by atoms with Crippen LogP contribution in [0.3, 0.4) is 0 Å². The highest BCUT2D eigenvalue weighted by molar-refractivity contribution is 7.92. The monoisotopic (exact) mass is 699 g/mol. The number of rotatable bonds is 13. The number of benzene rings is 4. The summed E-state index contributed by atoms with van der Waals surface area (Å²) in [6.07, 6.45) is 0.184. The number of carbonyl (C=O) groups is 2. The number of carbonyl (C=O) groups excluding carboxylic acids is 2. The molecule has 7 nitrogen and oxygen atoms in total. The van der Waals surface area contributed by atoms with Gasteiger partial charge in [0.1, 0.15) is 12.6 Å². The summed E-state index contributed by atoms with van der Waals surface area (Å²) in [6, 6.07) is 26.0. The number of anilines is 1. The average Bonchev–Trinajstić information content (AvgIpc) is 3.03. The topological polar surface area (TPSA) is 86.8 Å². The third-order valence-electron chi connectivity index (χ3n) is 7.43. The average molecular weight is 701 g/mol. The first-order chi connectivity index (χ1) is 21.9. The molecular weight excluding hydrogens is 665 g/mol. The Morgan fingerprint density at radius 1 is 0.826 bits per heavy atom. The summed E-state index contributed by atoms with van der Waals surface area (Å²) in [4.78, 5) is 29.9. The fourth-order valence-corrected chi connectivity index (χ4v) is 7.04. The van der Waals surface area contributed by atoms with E-state index in [1.54, 1.807) is 61.5 Å². The Balaban J connectivity index is 1.84. The zero-order chi connectivity index (χ0) is 33.4. The number of nitrogens with one attached hydrogen (secondary N) is 1. The van der Waals surface area contributed by atoms with Crippen molar-refractivity contribution in [1.29, 1.82) is 0 Å². The van der Waals surface area contributed by atoms with Crippen LogP contribution in [0.4, 0.5) is 5.69 Å². The molecule has 0 aromatic heterocycles. The molecule has 4 aromatic carbocycles. The molecule has 11 heteroatoms. The number of amides is 2. The van der Waals surface area contributed by atoms with Crippen LogP contribution in [0.1, 0.15) is 30.5 Å². The van der Waals surface area contributed by atoms with Gasteiger partial charge in [-0.2, -0.15) is 0 Å². The highest BCUT2D eigenvalue weighted by Crippen LogP contribution is 2.32. The van der Waals surface area contributed by atoms with Gasteiger partial charge in [-0.05, 0) is 65.9 Å². The molecule has 0 aliphatic carbocycles. The Kier molecular flexibility index (Phi) is 12.1. The molecule has 0 unspecified atom stereocenters. The molecule has 46 heavy (non-hydrogen) atoms. The van der Waals surface area contributed by atoms with Crippen LogP contribution in [0.15, 0.2) is 102 Å². The highest BCUT2D eigenvalue weighted by atomic mass is 35.5. The molecule has 0 aliphatic heterocycles. The van der Waals surface area contributed by atoms with E-state index in [0.29, 0.717) is 32.7 Å². The second kappa shape index (κ2) is 15.8. The minimum absolute atomic E-state index is 0.00461. The molecule has 4 aromatic rings. The molecular formula is C35H36Cl3N3O4S. The van der Waals surface area contributed by atoms with Crippen molar-refractivity contribution < 1.29 is 18.0 Å². The summed E-state index contributed by atoms with van der Waals surface area (Å²) in [5.41, 5.74) is 2.11. The van der Waals surface area contributed by atoms with Crippen LogP contribution in [0, 0.1) is 12.8 Å². The van der Waals surface area contributed by atoms with Gasteiger partial charge in [0.2, 0.25) is 11.8 Å². The van der Waals surface area contributed by atoms with Crippen molar-refractivity contribution in [1.82, 2.24) is 10.2 Å². The highest BCUT2D eigenvalue weighted by Gasteiger charge is 2.35. The summed E-state index contributed by atoms with van der Waals surface area (Å²) < 4.78 is 29.4. The van der Waals surface area contributed by atoms with Gasteiger partial charge in [-0.15, -0.1) is 0 Å². The van der Waals surface area contributed by atoms with E-state index in [-0.39, 0.29) is 35.4 Å². The molecule has 0 saturated carbocycles. The standard InChI is InChI=1S/C35H36Cl3N3O4S/c1-24(2)21-39-35(43)33(19-26-11-6-4-7-12-26)40(22-27-17-18-28(36)20-31(27)38)34(42)23-41(32-16-10-15-30(37)25(32)3)46(44,45)29-13-8-5-9-14-29/h4-18,20,24,33H,19,21-23H2,1-3H3,(H,39,43)/t33-/m0/s1. The normalized spacial score (nSPS) is 12.1. The first kappa shape index (κ1) is 35.3. The fraction of sp³-hybridized carbons (Fsp3) is 0.257. The van der Waals surface area contributed by atoms with Crippen molar-refractivity contribution in [3.63, 3.8) is 0 Å². The lowest BCUT2D eigenvalue weighted by Crippen LogP contribution is -2.53. The van der Waals surface area contributed by atoms with Gasteiger partial charge in [-0.1, -0.05) is 109 Å². The van der Waals surface area contributed by atoms with Gasteiger partial charge in [-0.25, -0.2) is 8.42 Å². The largest absolute Gasteiger partial charge is 0.354 e. The second-order valence-corrected chi connectivity index (χ2v) is 14.4. The van der Waals surface area contributed by atoms with Crippen molar-refractivity contribution in [2.24, 2.45) is 5.92 Å². The Labute approximate surface area is 286 Å². The molecule has 0 saturated heterocycles. The molecule has 0 fully saturated rings. The molecule has 0 spiro atoms. The first-order valence-corrected chi connectivity index (χ1v) is 17.3. The van der Waals surface area contributed by atoms with Crippen molar-refractivity contribution in [3.8, 4) is 0 Å². The lowest BCUT2D eigenvalue weighted by atomic mass is 10.0. The smallest absolute Gasteiger partial charge is 0.264 e. The van der Waals surface area contributed by atoms with Gasteiger partial charge < -0.3 is 10.2 Å².